The summed E-state index contributed by atoms with van der Waals surface area (Å²) < 4.78 is 27.2. The first-order valence-electron chi connectivity index (χ1n) is 5.84. The summed E-state index contributed by atoms with van der Waals surface area (Å²) in [4.78, 5) is 0. The molecule has 18 heavy (non-hydrogen) atoms. The quantitative estimate of drug-likeness (QED) is 0.881. The van der Waals surface area contributed by atoms with E-state index in [4.69, 9.17) is 0 Å². The van der Waals surface area contributed by atoms with Crippen molar-refractivity contribution in [3.63, 3.8) is 0 Å². The zero-order chi connectivity index (χ0) is 13.1. The second kappa shape index (κ2) is 5.59. The maximum atomic E-state index is 13.9. The molecule has 0 aliphatic carbocycles. The van der Waals surface area contributed by atoms with Gasteiger partial charge in [-0.1, -0.05) is 6.92 Å². The third kappa shape index (κ3) is 2.60. The molecule has 4 heteroatoms. The van der Waals surface area contributed by atoms with Gasteiger partial charge in [-0.3, -0.25) is 0 Å². The minimum atomic E-state index is -0.504. The molecular weight excluding hydrogens is 252 g/mol. The second-order valence-electron chi connectivity index (χ2n) is 4.17. The molecule has 0 radical (unpaired) electrons. The van der Waals surface area contributed by atoms with Crippen LogP contribution in [0.3, 0.4) is 0 Å². The molecule has 0 saturated heterocycles. The normalized spacial score (nSPS) is 12.7. The smallest absolute Gasteiger partial charge is 0.131 e. The molecular formula is C14H15F2NS. The summed E-state index contributed by atoms with van der Waals surface area (Å²) in [5.41, 5.74) is 1.96. The third-order valence-electron chi connectivity index (χ3n) is 2.87. The van der Waals surface area contributed by atoms with Gasteiger partial charge in [0.15, 0.2) is 0 Å². The number of benzene rings is 1. The Hall–Kier alpha value is -1.26. The van der Waals surface area contributed by atoms with Gasteiger partial charge in [0.05, 0.1) is 6.04 Å². The number of nitrogens with one attached hydrogen (secondary N) is 1. The van der Waals surface area contributed by atoms with E-state index in [1.54, 1.807) is 24.3 Å². The van der Waals surface area contributed by atoms with Crippen LogP contribution in [-0.2, 0) is 0 Å². The predicted octanol–water partition coefficient (Wildman–Crippen LogP) is 4.03. The molecule has 1 N–H and O–H groups in total. The minimum absolute atomic E-state index is 0.222. The van der Waals surface area contributed by atoms with Crippen molar-refractivity contribution in [2.24, 2.45) is 0 Å². The maximum absolute atomic E-state index is 13.9. The van der Waals surface area contributed by atoms with Crippen LogP contribution in [0.15, 0.2) is 29.0 Å². The fourth-order valence-corrected chi connectivity index (χ4v) is 2.64. The van der Waals surface area contributed by atoms with Gasteiger partial charge < -0.3 is 5.32 Å². The first kappa shape index (κ1) is 13.2. The van der Waals surface area contributed by atoms with Gasteiger partial charge in [-0.15, -0.1) is 0 Å². The Kier molecular flexibility index (Phi) is 4.09. The summed E-state index contributed by atoms with van der Waals surface area (Å²) in [5.74, 6) is -1.01. The van der Waals surface area contributed by atoms with E-state index in [1.807, 2.05) is 23.8 Å². The Bertz CT molecular complexity index is 523. The monoisotopic (exact) mass is 267 g/mol. The van der Waals surface area contributed by atoms with Crippen molar-refractivity contribution in [3.05, 3.63) is 57.3 Å². The van der Waals surface area contributed by atoms with Crippen molar-refractivity contribution in [3.8, 4) is 0 Å². The lowest BCUT2D eigenvalue weighted by Crippen LogP contribution is -2.22. The van der Waals surface area contributed by atoms with Gasteiger partial charge in [0.1, 0.15) is 11.6 Å². The van der Waals surface area contributed by atoms with Gasteiger partial charge in [-0.05, 0) is 47.5 Å². The van der Waals surface area contributed by atoms with Crippen LogP contribution in [0.25, 0.3) is 0 Å². The fourth-order valence-electron chi connectivity index (χ4n) is 1.95. The number of rotatable bonds is 4. The highest BCUT2D eigenvalue weighted by Gasteiger charge is 2.19. The number of thiophene rings is 1. The molecule has 96 valence electrons. The summed E-state index contributed by atoms with van der Waals surface area (Å²) in [6.07, 6.45) is 0. The van der Waals surface area contributed by atoms with E-state index in [2.05, 4.69) is 5.32 Å². The van der Waals surface area contributed by atoms with Gasteiger partial charge >= 0.3 is 0 Å². The van der Waals surface area contributed by atoms with Crippen LogP contribution in [0.4, 0.5) is 8.78 Å². The van der Waals surface area contributed by atoms with E-state index in [1.165, 1.54) is 0 Å². The van der Waals surface area contributed by atoms with Crippen LogP contribution in [0.2, 0.25) is 0 Å². The molecule has 1 unspecified atom stereocenters. The average molecular weight is 267 g/mol. The van der Waals surface area contributed by atoms with Crippen LogP contribution in [-0.4, -0.2) is 6.54 Å². The molecule has 0 aliphatic rings. The van der Waals surface area contributed by atoms with Crippen molar-refractivity contribution in [2.75, 3.05) is 6.54 Å². The molecule has 1 nitrogen and oxygen atoms in total. The van der Waals surface area contributed by atoms with E-state index in [0.717, 1.165) is 18.2 Å². The van der Waals surface area contributed by atoms with Crippen molar-refractivity contribution >= 4 is 11.3 Å². The molecule has 0 spiro atoms. The summed E-state index contributed by atoms with van der Waals surface area (Å²) in [5, 5.41) is 7.16. The Labute approximate surface area is 109 Å². The van der Waals surface area contributed by atoms with E-state index in [0.29, 0.717) is 11.1 Å². The highest BCUT2D eigenvalue weighted by atomic mass is 32.1. The molecule has 0 saturated carbocycles. The van der Waals surface area contributed by atoms with Crippen LogP contribution in [0.5, 0.6) is 0 Å². The molecule has 1 atom stereocenters. The molecule has 0 bridgehead atoms. The standard InChI is InChI=1S/C14H15F2NS/c1-3-17-14(10-4-5-18-8-10)11-6-9(2)12(15)7-13(11)16/h4-8,14,17H,3H2,1-2H3. The molecule has 2 rings (SSSR count). The lowest BCUT2D eigenvalue weighted by molar-refractivity contribution is 0.538. The molecule has 1 aromatic heterocycles. The summed E-state index contributed by atoms with van der Waals surface area (Å²) in [6, 6.07) is 4.27. The van der Waals surface area contributed by atoms with E-state index in [-0.39, 0.29) is 6.04 Å². The largest absolute Gasteiger partial charge is 0.306 e. The topological polar surface area (TPSA) is 12.0 Å². The van der Waals surface area contributed by atoms with Crippen molar-refractivity contribution in [1.82, 2.24) is 5.32 Å². The Morgan fingerprint density at radius 1 is 1.28 bits per heavy atom. The number of aryl methyl sites for hydroxylation is 1. The molecule has 1 heterocycles. The van der Waals surface area contributed by atoms with Crippen molar-refractivity contribution in [2.45, 2.75) is 19.9 Å². The SMILES string of the molecule is CCNC(c1ccsc1)c1cc(C)c(F)cc1F. The van der Waals surface area contributed by atoms with Gasteiger partial charge in [0.2, 0.25) is 0 Å². The zero-order valence-corrected chi connectivity index (χ0v) is 11.2. The number of hydrogen-bond donors (Lipinski definition) is 1. The second-order valence-corrected chi connectivity index (χ2v) is 4.95. The molecule has 0 amide bonds. The highest BCUT2D eigenvalue weighted by Crippen LogP contribution is 2.27. The minimum Gasteiger partial charge on any atom is -0.306 e. The lowest BCUT2D eigenvalue weighted by Gasteiger charge is -2.19. The molecule has 0 aliphatic heterocycles. The van der Waals surface area contributed by atoms with E-state index < -0.39 is 11.6 Å². The van der Waals surface area contributed by atoms with Crippen LogP contribution in [0.1, 0.15) is 29.7 Å². The number of halogens is 2. The third-order valence-corrected chi connectivity index (χ3v) is 3.58. The van der Waals surface area contributed by atoms with Crippen LogP contribution >= 0.6 is 11.3 Å². The summed E-state index contributed by atoms with van der Waals surface area (Å²) in [6.45, 7) is 4.33. The van der Waals surface area contributed by atoms with Gasteiger partial charge in [-0.25, -0.2) is 8.78 Å². The first-order chi connectivity index (χ1) is 8.63. The maximum Gasteiger partial charge on any atom is 0.131 e. The zero-order valence-electron chi connectivity index (χ0n) is 10.3. The first-order valence-corrected chi connectivity index (χ1v) is 6.78. The Balaban J connectivity index is 2.46. The van der Waals surface area contributed by atoms with E-state index >= 15 is 0 Å². The van der Waals surface area contributed by atoms with E-state index in [9.17, 15) is 8.78 Å². The lowest BCUT2D eigenvalue weighted by atomic mass is 9.98. The molecule has 0 fully saturated rings. The van der Waals surface area contributed by atoms with Crippen LogP contribution in [0, 0.1) is 18.6 Å². The fraction of sp³-hybridized carbons (Fsp3) is 0.286. The summed E-state index contributed by atoms with van der Waals surface area (Å²) >= 11 is 1.57. The predicted molar refractivity (Wildman–Crippen MR) is 70.9 cm³/mol. The molecule has 2 aromatic rings. The van der Waals surface area contributed by atoms with Crippen molar-refractivity contribution < 1.29 is 8.78 Å². The van der Waals surface area contributed by atoms with Gasteiger partial charge in [0.25, 0.3) is 0 Å². The summed E-state index contributed by atoms with van der Waals surface area (Å²) in [7, 11) is 0. The Morgan fingerprint density at radius 2 is 2.06 bits per heavy atom. The van der Waals surface area contributed by atoms with Gasteiger partial charge in [0, 0.05) is 11.6 Å². The molecule has 1 aromatic carbocycles. The van der Waals surface area contributed by atoms with Crippen LogP contribution < -0.4 is 5.32 Å². The van der Waals surface area contributed by atoms with Gasteiger partial charge in [-0.2, -0.15) is 11.3 Å². The number of hydrogen-bond acceptors (Lipinski definition) is 2. The highest BCUT2D eigenvalue weighted by molar-refractivity contribution is 7.08. The van der Waals surface area contributed by atoms with Crippen molar-refractivity contribution in [1.29, 1.82) is 0 Å². The Morgan fingerprint density at radius 3 is 2.67 bits per heavy atom. The average Bonchev–Trinajstić information content (AvgIpc) is 2.85.